The summed E-state index contributed by atoms with van der Waals surface area (Å²) in [6, 6.07) is 1.21. The summed E-state index contributed by atoms with van der Waals surface area (Å²) in [7, 11) is 1.38. The van der Waals surface area contributed by atoms with Gasteiger partial charge in [0.25, 0.3) is 0 Å². The molecular formula is C24H31ClO8. The van der Waals surface area contributed by atoms with Gasteiger partial charge in [0.15, 0.2) is 0 Å². The highest BCUT2D eigenvalue weighted by Crippen LogP contribution is 2.69. The van der Waals surface area contributed by atoms with Crippen molar-refractivity contribution in [1.82, 2.24) is 0 Å². The normalized spacial score (nSPS) is 38.6. The van der Waals surface area contributed by atoms with Gasteiger partial charge in [-0.25, -0.2) is 4.79 Å². The second kappa shape index (κ2) is 7.33. The standard InChI is InChI=1S/C24H31ClO8/c1-11-16(13(26)6-14(32-5)17(11)25)20(29)33-9-12-7-23(30)10-21(2,3)19(28)18(23)22(4)8-15(27)24(12,22)31/h6-7,15,18-19,26-28,30-31H,8-10H2,1-5H3/t15-,18-,19-,22-,23+,24+/m1/s1. The number of halogens is 1. The van der Waals surface area contributed by atoms with Crippen molar-refractivity contribution in [3.8, 4) is 11.5 Å². The summed E-state index contributed by atoms with van der Waals surface area (Å²) < 4.78 is 10.5. The number of phenolic OH excluding ortho intramolecular Hbond substituents is 1. The van der Waals surface area contributed by atoms with E-state index in [-0.39, 0.29) is 46.1 Å². The summed E-state index contributed by atoms with van der Waals surface area (Å²) in [4.78, 5) is 12.9. The Morgan fingerprint density at radius 1 is 1.24 bits per heavy atom. The molecule has 0 amide bonds. The van der Waals surface area contributed by atoms with E-state index in [2.05, 4.69) is 0 Å². The predicted molar refractivity (Wildman–Crippen MR) is 119 cm³/mol. The zero-order valence-electron chi connectivity index (χ0n) is 19.3. The Labute approximate surface area is 197 Å². The molecule has 2 fully saturated rings. The Hall–Kier alpha value is -1.84. The number of phenols is 1. The van der Waals surface area contributed by atoms with E-state index in [1.54, 1.807) is 6.92 Å². The van der Waals surface area contributed by atoms with E-state index in [1.165, 1.54) is 26.2 Å². The highest BCUT2D eigenvalue weighted by Gasteiger charge is 2.76. The van der Waals surface area contributed by atoms with Crippen molar-refractivity contribution >= 4 is 17.6 Å². The number of carbonyl (C=O) groups is 1. The number of aliphatic hydroxyl groups is 4. The van der Waals surface area contributed by atoms with Crippen LogP contribution in [0, 0.1) is 23.7 Å². The van der Waals surface area contributed by atoms with Crippen LogP contribution in [-0.4, -0.2) is 68.6 Å². The second-order valence-corrected chi connectivity index (χ2v) is 11.0. The van der Waals surface area contributed by atoms with Gasteiger partial charge in [-0.15, -0.1) is 0 Å². The zero-order valence-corrected chi connectivity index (χ0v) is 20.1. The van der Waals surface area contributed by atoms with Crippen molar-refractivity contribution in [3.05, 3.63) is 33.9 Å². The highest BCUT2D eigenvalue weighted by atomic mass is 35.5. The number of hydrogen-bond acceptors (Lipinski definition) is 8. The molecule has 0 aromatic heterocycles. The van der Waals surface area contributed by atoms with Crippen molar-refractivity contribution in [3.63, 3.8) is 0 Å². The fourth-order valence-corrected chi connectivity index (χ4v) is 6.77. The number of benzene rings is 1. The minimum atomic E-state index is -1.78. The molecule has 2 saturated carbocycles. The molecule has 6 atom stereocenters. The molecule has 1 aromatic carbocycles. The van der Waals surface area contributed by atoms with Gasteiger partial charge in [0.1, 0.15) is 29.3 Å². The van der Waals surface area contributed by atoms with Gasteiger partial charge in [-0.2, -0.15) is 0 Å². The van der Waals surface area contributed by atoms with Crippen LogP contribution in [0.25, 0.3) is 0 Å². The maximum absolute atomic E-state index is 12.9. The van der Waals surface area contributed by atoms with Gasteiger partial charge in [0.2, 0.25) is 0 Å². The van der Waals surface area contributed by atoms with E-state index in [0.717, 1.165) is 0 Å². The van der Waals surface area contributed by atoms with Gasteiger partial charge in [-0.3, -0.25) is 0 Å². The molecular weight excluding hydrogens is 452 g/mol. The summed E-state index contributed by atoms with van der Waals surface area (Å²) in [6.07, 6.45) is -0.172. The second-order valence-electron chi connectivity index (χ2n) is 10.6. The smallest absolute Gasteiger partial charge is 0.342 e. The number of methoxy groups -OCH3 is 1. The van der Waals surface area contributed by atoms with Crippen LogP contribution in [0.15, 0.2) is 17.7 Å². The molecule has 4 rings (SSSR count). The molecule has 0 unspecified atom stereocenters. The fraction of sp³-hybridized carbons (Fsp3) is 0.625. The third-order valence-corrected chi connectivity index (χ3v) is 8.66. The Kier molecular flexibility index (Phi) is 5.39. The lowest BCUT2D eigenvalue weighted by molar-refractivity contribution is -0.276. The van der Waals surface area contributed by atoms with Gasteiger partial charge in [0.05, 0.1) is 29.9 Å². The Morgan fingerprint density at radius 2 is 1.88 bits per heavy atom. The molecule has 33 heavy (non-hydrogen) atoms. The monoisotopic (exact) mass is 482 g/mol. The first-order valence-corrected chi connectivity index (χ1v) is 11.3. The van der Waals surface area contributed by atoms with Gasteiger partial charge in [-0.05, 0) is 36.8 Å². The molecule has 0 aliphatic heterocycles. The lowest BCUT2D eigenvalue weighted by Crippen LogP contribution is -2.75. The van der Waals surface area contributed by atoms with Crippen LogP contribution in [0.2, 0.25) is 5.02 Å². The number of carbonyl (C=O) groups excluding carboxylic acids is 1. The number of ether oxygens (including phenoxy) is 2. The summed E-state index contributed by atoms with van der Waals surface area (Å²) >= 11 is 6.21. The third kappa shape index (κ3) is 3.08. The van der Waals surface area contributed by atoms with Crippen molar-refractivity contribution in [2.75, 3.05) is 13.7 Å². The molecule has 0 radical (unpaired) electrons. The Morgan fingerprint density at radius 3 is 2.45 bits per heavy atom. The number of hydrogen-bond donors (Lipinski definition) is 5. The van der Waals surface area contributed by atoms with Crippen LogP contribution in [0.3, 0.4) is 0 Å². The van der Waals surface area contributed by atoms with Gasteiger partial charge in [-0.1, -0.05) is 32.4 Å². The topological polar surface area (TPSA) is 137 Å². The van der Waals surface area contributed by atoms with E-state index in [1.807, 2.05) is 13.8 Å². The molecule has 1 aromatic rings. The zero-order chi connectivity index (χ0) is 24.7. The molecule has 0 heterocycles. The predicted octanol–water partition coefficient (Wildman–Crippen LogP) is 2.10. The van der Waals surface area contributed by atoms with Crippen LogP contribution >= 0.6 is 11.6 Å². The molecule has 0 spiro atoms. The first-order chi connectivity index (χ1) is 15.1. The van der Waals surface area contributed by atoms with Crippen LogP contribution in [0.1, 0.15) is 49.5 Å². The number of fused-ring (bicyclic) bond motifs is 3. The van der Waals surface area contributed by atoms with E-state index in [0.29, 0.717) is 0 Å². The quantitative estimate of drug-likeness (QED) is 0.325. The van der Waals surface area contributed by atoms with Crippen LogP contribution in [0.5, 0.6) is 11.5 Å². The number of esters is 1. The first-order valence-electron chi connectivity index (χ1n) is 10.9. The van der Waals surface area contributed by atoms with Crippen LogP contribution < -0.4 is 4.74 Å². The largest absolute Gasteiger partial charge is 0.507 e. The molecule has 9 heteroatoms. The lowest BCUT2D eigenvalue weighted by Gasteiger charge is -2.66. The molecule has 182 valence electrons. The molecule has 3 aliphatic rings. The number of aliphatic hydroxyl groups excluding tert-OH is 2. The van der Waals surface area contributed by atoms with E-state index in [9.17, 15) is 30.3 Å². The highest BCUT2D eigenvalue weighted by molar-refractivity contribution is 6.33. The molecule has 0 bridgehead atoms. The molecule has 5 N–H and O–H groups in total. The van der Waals surface area contributed by atoms with Crippen molar-refractivity contribution < 1.29 is 39.8 Å². The fourth-order valence-electron chi connectivity index (χ4n) is 6.54. The van der Waals surface area contributed by atoms with Gasteiger partial charge >= 0.3 is 5.97 Å². The molecule has 3 aliphatic carbocycles. The number of aromatic hydroxyl groups is 1. The summed E-state index contributed by atoms with van der Waals surface area (Å²) in [5.74, 6) is -1.74. The van der Waals surface area contributed by atoms with Gasteiger partial charge in [0, 0.05) is 23.0 Å². The minimum Gasteiger partial charge on any atom is -0.507 e. The maximum Gasteiger partial charge on any atom is 0.342 e. The van der Waals surface area contributed by atoms with E-state index >= 15 is 0 Å². The van der Waals surface area contributed by atoms with Gasteiger partial charge < -0.3 is 35.0 Å². The average molecular weight is 483 g/mol. The lowest BCUT2D eigenvalue weighted by atomic mass is 9.43. The van der Waals surface area contributed by atoms with E-state index < -0.39 is 52.7 Å². The van der Waals surface area contributed by atoms with Crippen molar-refractivity contribution in [2.24, 2.45) is 16.7 Å². The number of rotatable bonds is 4. The van der Waals surface area contributed by atoms with Crippen molar-refractivity contribution in [2.45, 2.75) is 63.9 Å². The average Bonchev–Trinajstić information content (AvgIpc) is 2.90. The van der Waals surface area contributed by atoms with Crippen LogP contribution in [0.4, 0.5) is 0 Å². The van der Waals surface area contributed by atoms with Crippen molar-refractivity contribution in [1.29, 1.82) is 0 Å². The molecule has 8 nitrogen and oxygen atoms in total. The Bertz CT molecular complexity index is 1050. The minimum absolute atomic E-state index is 0.143. The third-order valence-electron chi connectivity index (χ3n) is 8.19. The SMILES string of the molecule is COc1cc(O)c(C(=O)OCC2=C[C@]3(O)CC(C)(C)[C@H](O)[C@@H]3[C@@]3(C)C[C@@H](O)[C@@]23O)c(C)c1Cl. The summed E-state index contributed by atoms with van der Waals surface area (Å²) in [5.41, 5.74) is -4.56. The van der Waals surface area contributed by atoms with Crippen LogP contribution in [-0.2, 0) is 4.74 Å². The molecule has 0 saturated heterocycles. The summed E-state index contributed by atoms with van der Waals surface area (Å²) in [6.45, 7) is 6.54. The summed E-state index contributed by atoms with van der Waals surface area (Å²) in [5, 5.41) is 55.0. The maximum atomic E-state index is 12.9. The van der Waals surface area contributed by atoms with E-state index in [4.69, 9.17) is 21.1 Å². The Balaban J connectivity index is 1.68. The first kappa shape index (κ1) is 24.3.